The predicted molar refractivity (Wildman–Crippen MR) is 117 cm³/mol. The lowest BCUT2D eigenvalue weighted by atomic mass is 10.1. The Morgan fingerprint density at radius 3 is 2.61 bits per heavy atom. The highest BCUT2D eigenvalue weighted by molar-refractivity contribution is 7.14. The number of hydrogen-bond donors (Lipinski definition) is 2. The van der Waals surface area contributed by atoms with Crippen LogP contribution < -0.4 is 20.5 Å². The molecule has 0 aliphatic carbocycles. The van der Waals surface area contributed by atoms with Gasteiger partial charge < -0.3 is 20.5 Å². The van der Waals surface area contributed by atoms with Crippen LogP contribution in [0.2, 0.25) is 0 Å². The van der Waals surface area contributed by atoms with Crippen molar-refractivity contribution in [2.24, 2.45) is 5.73 Å². The molecule has 0 amide bonds. The lowest BCUT2D eigenvalue weighted by molar-refractivity contribution is 0.243. The first kappa shape index (κ1) is 20.4. The highest BCUT2D eigenvalue weighted by Crippen LogP contribution is 2.33. The van der Waals surface area contributed by atoms with Gasteiger partial charge in [-0.3, -0.25) is 0 Å². The van der Waals surface area contributed by atoms with Gasteiger partial charge in [-0.05, 0) is 46.8 Å². The first-order valence-corrected chi connectivity index (χ1v) is 10.3. The molecule has 0 spiro atoms. The van der Waals surface area contributed by atoms with Crippen molar-refractivity contribution in [1.29, 1.82) is 0 Å². The number of hydrogen-bond acceptors (Lipinski definition) is 7. The lowest BCUT2D eigenvalue weighted by Gasteiger charge is -2.19. The molecule has 0 aliphatic heterocycles. The molecule has 1 aromatic carbocycles. The first-order valence-electron chi connectivity index (χ1n) is 9.47. The maximum Gasteiger partial charge on any atom is 0.183 e. The summed E-state index contributed by atoms with van der Waals surface area (Å²) in [7, 11) is 0. The monoisotopic (exact) mass is 400 g/mol. The van der Waals surface area contributed by atoms with Gasteiger partial charge in [0.15, 0.2) is 5.13 Å². The molecule has 0 aliphatic rings. The van der Waals surface area contributed by atoms with Gasteiger partial charge in [0.05, 0.1) is 17.8 Å². The van der Waals surface area contributed by atoms with E-state index in [0.29, 0.717) is 19.3 Å². The van der Waals surface area contributed by atoms with Gasteiger partial charge in [0.2, 0.25) is 0 Å². The van der Waals surface area contributed by atoms with Gasteiger partial charge in [0.1, 0.15) is 23.8 Å². The first-order chi connectivity index (χ1) is 13.2. The summed E-state index contributed by atoms with van der Waals surface area (Å²) in [5.74, 6) is 1.53. The van der Waals surface area contributed by atoms with E-state index in [0.717, 1.165) is 38.9 Å². The van der Waals surface area contributed by atoms with Gasteiger partial charge in [-0.2, -0.15) is 0 Å². The van der Waals surface area contributed by atoms with Gasteiger partial charge >= 0.3 is 0 Å². The molecule has 0 saturated carbocycles. The molecular formula is C21H28N4O2S. The van der Waals surface area contributed by atoms with Gasteiger partial charge in [0, 0.05) is 34.5 Å². The number of fused-ring (bicyclic) bond motifs is 1. The number of nitrogens with zero attached hydrogens (tertiary/aromatic N) is 2. The average molecular weight is 401 g/mol. The quantitative estimate of drug-likeness (QED) is 0.571. The summed E-state index contributed by atoms with van der Waals surface area (Å²) in [6, 6.07) is 8.10. The SMILES string of the molecule is CCOc1cc(-c2csc(NC(C)C)n2)nc2cc(OCC(C)(C)N)ccc12. The third-order valence-electron chi connectivity index (χ3n) is 3.83. The molecule has 0 bridgehead atoms. The van der Waals surface area contributed by atoms with Crippen molar-refractivity contribution in [2.45, 2.75) is 46.2 Å². The minimum absolute atomic E-state index is 0.328. The van der Waals surface area contributed by atoms with Crippen LogP contribution in [0, 0.1) is 0 Å². The van der Waals surface area contributed by atoms with E-state index in [1.54, 1.807) is 11.3 Å². The van der Waals surface area contributed by atoms with E-state index >= 15 is 0 Å². The van der Waals surface area contributed by atoms with Crippen molar-refractivity contribution in [3.63, 3.8) is 0 Å². The molecule has 28 heavy (non-hydrogen) atoms. The number of anilines is 1. The Morgan fingerprint density at radius 2 is 1.93 bits per heavy atom. The largest absolute Gasteiger partial charge is 0.493 e. The lowest BCUT2D eigenvalue weighted by Crippen LogP contribution is -2.38. The second kappa shape index (κ2) is 8.32. The number of aromatic nitrogens is 2. The van der Waals surface area contributed by atoms with Crippen LogP contribution in [0.3, 0.4) is 0 Å². The van der Waals surface area contributed by atoms with E-state index in [2.05, 4.69) is 24.1 Å². The number of ether oxygens (including phenoxy) is 2. The maximum atomic E-state index is 6.02. The number of rotatable bonds is 8. The zero-order valence-corrected chi connectivity index (χ0v) is 17.9. The molecule has 0 atom stereocenters. The Labute approximate surface area is 170 Å². The molecule has 0 radical (unpaired) electrons. The Morgan fingerprint density at radius 1 is 1.14 bits per heavy atom. The fourth-order valence-electron chi connectivity index (χ4n) is 2.65. The smallest absolute Gasteiger partial charge is 0.183 e. The fourth-order valence-corrected chi connectivity index (χ4v) is 3.50. The molecule has 6 nitrogen and oxygen atoms in total. The summed E-state index contributed by atoms with van der Waals surface area (Å²) in [6.45, 7) is 11.0. The molecule has 0 unspecified atom stereocenters. The number of thiazole rings is 1. The molecule has 3 N–H and O–H groups in total. The third kappa shape index (κ3) is 5.11. The van der Waals surface area contributed by atoms with E-state index in [1.807, 2.05) is 50.4 Å². The predicted octanol–water partition coefficient (Wildman–Crippen LogP) is 4.69. The van der Waals surface area contributed by atoms with Crippen LogP contribution in [0.15, 0.2) is 29.6 Å². The highest BCUT2D eigenvalue weighted by Gasteiger charge is 2.15. The molecule has 7 heteroatoms. The standard InChI is InChI=1S/C21H28N4O2S/c1-6-26-19-10-17(18-11-28-20(25-18)23-13(2)3)24-16-9-14(7-8-15(16)19)27-12-21(4,5)22/h7-11,13H,6,12,22H2,1-5H3,(H,23,25). The van der Waals surface area contributed by atoms with Gasteiger partial charge in [-0.25, -0.2) is 9.97 Å². The minimum atomic E-state index is -0.402. The number of pyridine rings is 1. The summed E-state index contributed by atoms with van der Waals surface area (Å²) in [4.78, 5) is 9.47. The van der Waals surface area contributed by atoms with E-state index < -0.39 is 5.54 Å². The molecule has 0 fully saturated rings. The highest BCUT2D eigenvalue weighted by atomic mass is 32.1. The normalized spacial score (nSPS) is 11.8. The molecule has 2 aromatic heterocycles. The summed E-state index contributed by atoms with van der Waals surface area (Å²) in [5, 5.41) is 7.16. The summed E-state index contributed by atoms with van der Waals surface area (Å²) < 4.78 is 11.7. The van der Waals surface area contributed by atoms with Crippen LogP contribution in [-0.4, -0.2) is 34.8 Å². The zero-order chi connectivity index (χ0) is 20.3. The molecule has 3 aromatic rings. The summed E-state index contributed by atoms with van der Waals surface area (Å²) in [6.07, 6.45) is 0. The van der Waals surface area contributed by atoms with Crippen LogP contribution in [0.4, 0.5) is 5.13 Å². The minimum Gasteiger partial charge on any atom is -0.493 e. The number of benzene rings is 1. The molecule has 0 saturated heterocycles. The van der Waals surface area contributed by atoms with Crippen molar-refractivity contribution >= 4 is 27.4 Å². The molecule has 150 valence electrons. The van der Waals surface area contributed by atoms with Crippen LogP contribution in [0.1, 0.15) is 34.6 Å². The van der Waals surface area contributed by atoms with E-state index in [-0.39, 0.29) is 0 Å². The number of nitrogens with two attached hydrogens (primary N) is 1. The van der Waals surface area contributed by atoms with Crippen molar-refractivity contribution in [3.05, 3.63) is 29.6 Å². The van der Waals surface area contributed by atoms with Gasteiger partial charge in [0.25, 0.3) is 0 Å². The summed E-state index contributed by atoms with van der Waals surface area (Å²) in [5.41, 5.74) is 8.03. The van der Waals surface area contributed by atoms with Gasteiger partial charge in [-0.15, -0.1) is 11.3 Å². The Hall–Kier alpha value is -2.38. The van der Waals surface area contributed by atoms with E-state index in [4.69, 9.17) is 20.2 Å². The molecule has 3 rings (SSSR count). The Kier molecular flexibility index (Phi) is 6.05. The second-order valence-electron chi connectivity index (χ2n) is 7.73. The number of nitrogens with one attached hydrogen (secondary N) is 1. The van der Waals surface area contributed by atoms with Crippen LogP contribution in [-0.2, 0) is 0 Å². The second-order valence-corrected chi connectivity index (χ2v) is 8.59. The van der Waals surface area contributed by atoms with Crippen LogP contribution in [0.25, 0.3) is 22.3 Å². The van der Waals surface area contributed by atoms with Crippen molar-refractivity contribution in [2.75, 3.05) is 18.5 Å². The molecular weight excluding hydrogens is 372 g/mol. The third-order valence-corrected chi connectivity index (χ3v) is 4.61. The maximum absolute atomic E-state index is 6.02. The molecule has 2 heterocycles. The van der Waals surface area contributed by atoms with Crippen molar-refractivity contribution < 1.29 is 9.47 Å². The van der Waals surface area contributed by atoms with Crippen LogP contribution in [0.5, 0.6) is 11.5 Å². The average Bonchev–Trinajstić information content (AvgIpc) is 3.07. The zero-order valence-electron chi connectivity index (χ0n) is 17.1. The topological polar surface area (TPSA) is 82.3 Å². The Balaban J connectivity index is 1.99. The Bertz CT molecular complexity index is 947. The van der Waals surface area contributed by atoms with Gasteiger partial charge in [-0.1, -0.05) is 0 Å². The van der Waals surface area contributed by atoms with E-state index in [9.17, 15) is 0 Å². The fraction of sp³-hybridized carbons (Fsp3) is 0.429. The van der Waals surface area contributed by atoms with Crippen molar-refractivity contribution in [3.8, 4) is 22.9 Å². The summed E-state index contributed by atoms with van der Waals surface area (Å²) >= 11 is 1.57. The van der Waals surface area contributed by atoms with Crippen molar-refractivity contribution in [1.82, 2.24) is 9.97 Å². The van der Waals surface area contributed by atoms with E-state index in [1.165, 1.54) is 0 Å². The van der Waals surface area contributed by atoms with Crippen LogP contribution >= 0.6 is 11.3 Å².